The SMILES string of the molecule is CS(=O)(=O)NCC1CCCN(C(=O)c2ccc3c(c2)CCC=C3)C1. The standard InChI is InChI=1S/C18H24N2O3S/c1-24(22,23)19-12-14-5-4-10-20(13-14)18(21)17-9-8-15-6-2-3-7-16(15)11-17/h2,6,8-9,11,14,19H,3-5,7,10,12-13H2,1H3. The summed E-state index contributed by atoms with van der Waals surface area (Å²) in [5.74, 6) is 0.231. The van der Waals surface area contributed by atoms with Gasteiger partial charge in [-0.05, 0) is 54.9 Å². The number of aryl methyl sites for hydroxylation is 1. The fourth-order valence-corrected chi connectivity index (χ4v) is 3.97. The van der Waals surface area contributed by atoms with Crippen molar-refractivity contribution in [1.29, 1.82) is 0 Å². The molecular weight excluding hydrogens is 324 g/mol. The molecule has 6 heteroatoms. The van der Waals surface area contributed by atoms with Gasteiger partial charge in [0.2, 0.25) is 10.0 Å². The Morgan fingerprint density at radius 2 is 2.21 bits per heavy atom. The third-order valence-electron chi connectivity index (χ3n) is 4.71. The van der Waals surface area contributed by atoms with Crippen LogP contribution in [-0.2, 0) is 16.4 Å². The molecule has 1 aliphatic carbocycles. The van der Waals surface area contributed by atoms with Crippen LogP contribution in [0.1, 0.15) is 40.7 Å². The lowest BCUT2D eigenvalue weighted by molar-refractivity contribution is 0.0676. The molecule has 130 valence electrons. The summed E-state index contributed by atoms with van der Waals surface area (Å²) in [6.45, 7) is 1.75. The van der Waals surface area contributed by atoms with Crippen LogP contribution in [0.3, 0.4) is 0 Å². The molecule has 1 unspecified atom stereocenters. The molecule has 0 saturated carbocycles. The highest BCUT2D eigenvalue weighted by molar-refractivity contribution is 7.88. The van der Waals surface area contributed by atoms with Gasteiger partial charge in [-0.25, -0.2) is 13.1 Å². The number of hydrogen-bond donors (Lipinski definition) is 1. The van der Waals surface area contributed by atoms with E-state index in [2.05, 4.69) is 16.9 Å². The lowest BCUT2D eigenvalue weighted by Crippen LogP contribution is -2.43. The number of carbonyl (C=O) groups excluding carboxylic acids is 1. The molecule has 2 aliphatic rings. The number of nitrogens with one attached hydrogen (secondary N) is 1. The lowest BCUT2D eigenvalue weighted by Gasteiger charge is -2.33. The smallest absolute Gasteiger partial charge is 0.253 e. The zero-order valence-electron chi connectivity index (χ0n) is 14.0. The van der Waals surface area contributed by atoms with E-state index < -0.39 is 10.0 Å². The van der Waals surface area contributed by atoms with Crippen molar-refractivity contribution in [2.45, 2.75) is 25.7 Å². The van der Waals surface area contributed by atoms with E-state index in [9.17, 15) is 13.2 Å². The number of benzene rings is 1. The minimum absolute atomic E-state index is 0.0522. The summed E-state index contributed by atoms with van der Waals surface area (Å²) in [5, 5.41) is 0. The molecule has 1 fully saturated rings. The van der Waals surface area contributed by atoms with Gasteiger partial charge in [0.25, 0.3) is 5.91 Å². The van der Waals surface area contributed by atoms with Crippen molar-refractivity contribution in [3.63, 3.8) is 0 Å². The molecule has 0 aromatic heterocycles. The largest absolute Gasteiger partial charge is 0.338 e. The van der Waals surface area contributed by atoms with E-state index in [0.29, 0.717) is 13.1 Å². The summed E-state index contributed by atoms with van der Waals surface area (Å²) in [7, 11) is -3.18. The number of amides is 1. The average molecular weight is 348 g/mol. The van der Waals surface area contributed by atoms with Crippen molar-refractivity contribution in [2.24, 2.45) is 5.92 Å². The molecule has 1 N–H and O–H groups in total. The van der Waals surface area contributed by atoms with Crippen LogP contribution < -0.4 is 4.72 Å². The van der Waals surface area contributed by atoms with Gasteiger partial charge in [0.15, 0.2) is 0 Å². The molecule has 0 bridgehead atoms. The number of rotatable bonds is 4. The van der Waals surface area contributed by atoms with Gasteiger partial charge in [0.1, 0.15) is 0 Å². The number of sulfonamides is 1. The van der Waals surface area contributed by atoms with Gasteiger partial charge in [-0.2, -0.15) is 0 Å². The summed E-state index contributed by atoms with van der Waals surface area (Å²) in [6, 6.07) is 5.93. The van der Waals surface area contributed by atoms with E-state index in [1.54, 1.807) is 0 Å². The number of allylic oxidation sites excluding steroid dienone is 1. The number of fused-ring (bicyclic) bond motifs is 1. The van der Waals surface area contributed by atoms with Crippen LogP contribution in [0.25, 0.3) is 6.08 Å². The summed E-state index contributed by atoms with van der Waals surface area (Å²) < 4.78 is 25.1. The minimum Gasteiger partial charge on any atom is -0.338 e. The van der Waals surface area contributed by atoms with Gasteiger partial charge in [0.05, 0.1) is 6.26 Å². The van der Waals surface area contributed by atoms with Crippen LogP contribution in [-0.4, -0.2) is 45.1 Å². The van der Waals surface area contributed by atoms with Crippen LogP contribution >= 0.6 is 0 Å². The first-order valence-electron chi connectivity index (χ1n) is 8.46. The van der Waals surface area contributed by atoms with E-state index in [1.165, 1.54) is 17.4 Å². The predicted molar refractivity (Wildman–Crippen MR) is 95.3 cm³/mol. The van der Waals surface area contributed by atoms with Crippen molar-refractivity contribution in [3.05, 3.63) is 41.0 Å². The molecule has 1 aromatic carbocycles. The first-order valence-corrected chi connectivity index (χ1v) is 10.3. The summed E-state index contributed by atoms with van der Waals surface area (Å²) >= 11 is 0. The second-order valence-electron chi connectivity index (χ2n) is 6.73. The summed E-state index contributed by atoms with van der Waals surface area (Å²) in [5.41, 5.74) is 3.17. The Balaban J connectivity index is 1.67. The maximum absolute atomic E-state index is 12.8. The highest BCUT2D eigenvalue weighted by Gasteiger charge is 2.25. The van der Waals surface area contributed by atoms with Crippen LogP contribution in [0.2, 0.25) is 0 Å². The third-order valence-corrected chi connectivity index (χ3v) is 5.40. The molecule has 1 aliphatic heterocycles. The van der Waals surface area contributed by atoms with Gasteiger partial charge in [-0.15, -0.1) is 0 Å². The highest BCUT2D eigenvalue weighted by atomic mass is 32.2. The quantitative estimate of drug-likeness (QED) is 0.905. The Bertz CT molecular complexity index is 756. The fourth-order valence-electron chi connectivity index (χ4n) is 3.43. The molecule has 0 radical (unpaired) electrons. The first kappa shape index (κ1) is 17.2. The molecular formula is C18H24N2O3S. The molecule has 24 heavy (non-hydrogen) atoms. The normalized spacial score (nSPS) is 20.7. The van der Waals surface area contributed by atoms with Gasteiger partial charge in [-0.1, -0.05) is 18.2 Å². The van der Waals surface area contributed by atoms with E-state index in [4.69, 9.17) is 0 Å². The lowest BCUT2D eigenvalue weighted by atomic mass is 9.94. The highest BCUT2D eigenvalue weighted by Crippen LogP contribution is 2.23. The number of carbonyl (C=O) groups is 1. The predicted octanol–water partition coefficient (Wildman–Crippen LogP) is 2.05. The Labute approximate surface area is 143 Å². The van der Waals surface area contributed by atoms with Crippen LogP contribution in [0.15, 0.2) is 24.3 Å². The van der Waals surface area contributed by atoms with Gasteiger partial charge >= 0.3 is 0 Å². The molecule has 1 saturated heterocycles. The minimum atomic E-state index is -3.18. The van der Waals surface area contributed by atoms with Crippen LogP contribution in [0.5, 0.6) is 0 Å². The Morgan fingerprint density at radius 3 is 3.00 bits per heavy atom. The Kier molecular flexibility index (Phi) is 5.06. The summed E-state index contributed by atoms with van der Waals surface area (Å²) in [4.78, 5) is 14.7. The van der Waals surface area contributed by atoms with Crippen molar-refractivity contribution in [1.82, 2.24) is 9.62 Å². The van der Waals surface area contributed by atoms with Crippen LogP contribution in [0.4, 0.5) is 0 Å². The van der Waals surface area contributed by atoms with Gasteiger partial charge in [0, 0.05) is 25.2 Å². The zero-order valence-corrected chi connectivity index (χ0v) is 14.8. The number of nitrogens with zero attached hydrogens (tertiary/aromatic N) is 1. The molecule has 1 amide bonds. The summed E-state index contributed by atoms with van der Waals surface area (Å²) in [6.07, 6.45) is 9.30. The van der Waals surface area contributed by atoms with E-state index in [0.717, 1.165) is 37.8 Å². The Hall–Kier alpha value is -1.66. The van der Waals surface area contributed by atoms with E-state index in [1.807, 2.05) is 23.1 Å². The topological polar surface area (TPSA) is 66.5 Å². The molecule has 1 heterocycles. The average Bonchev–Trinajstić information content (AvgIpc) is 2.58. The maximum Gasteiger partial charge on any atom is 0.253 e. The number of piperidine rings is 1. The monoisotopic (exact) mass is 348 g/mol. The van der Waals surface area contributed by atoms with Crippen molar-refractivity contribution in [2.75, 3.05) is 25.9 Å². The Morgan fingerprint density at radius 1 is 1.38 bits per heavy atom. The number of hydrogen-bond acceptors (Lipinski definition) is 3. The maximum atomic E-state index is 12.8. The first-order chi connectivity index (χ1) is 11.4. The molecule has 3 rings (SSSR count). The molecule has 0 spiro atoms. The molecule has 1 atom stereocenters. The second-order valence-corrected chi connectivity index (χ2v) is 8.57. The second kappa shape index (κ2) is 7.07. The van der Waals surface area contributed by atoms with Gasteiger partial charge < -0.3 is 4.90 Å². The molecule has 5 nitrogen and oxygen atoms in total. The van der Waals surface area contributed by atoms with Gasteiger partial charge in [-0.3, -0.25) is 4.79 Å². The van der Waals surface area contributed by atoms with Crippen molar-refractivity contribution < 1.29 is 13.2 Å². The number of likely N-dealkylation sites (tertiary alicyclic amines) is 1. The van der Waals surface area contributed by atoms with Crippen molar-refractivity contribution in [3.8, 4) is 0 Å². The third kappa shape index (κ3) is 4.24. The zero-order chi connectivity index (χ0) is 17.2. The van der Waals surface area contributed by atoms with E-state index in [-0.39, 0.29) is 11.8 Å². The van der Waals surface area contributed by atoms with Crippen molar-refractivity contribution >= 4 is 22.0 Å². The molecule has 1 aromatic rings. The van der Waals surface area contributed by atoms with Crippen LogP contribution in [0, 0.1) is 5.92 Å². The van der Waals surface area contributed by atoms with E-state index >= 15 is 0 Å². The fraction of sp³-hybridized carbons (Fsp3) is 0.500.